The number of thiazole rings is 1. The number of anilines is 1. The minimum Gasteiger partial charge on any atom is -0.491 e. The van der Waals surface area contributed by atoms with E-state index in [9.17, 15) is 19.2 Å². The van der Waals surface area contributed by atoms with E-state index >= 15 is 0 Å². The maximum absolute atomic E-state index is 13.6. The van der Waals surface area contributed by atoms with Gasteiger partial charge in [-0.1, -0.05) is 49.4 Å². The molecule has 1 saturated heterocycles. The van der Waals surface area contributed by atoms with Crippen LogP contribution < -0.4 is 15.4 Å². The smallest absolute Gasteiger partial charge is 0.357 e. The van der Waals surface area contributed by atoms with Gasteiger partial charge in [-0.2, -0.15) is 0 Å². The molecule has 38 heavy (non-hydrogen) atoms. The van der Waals surface area contributed by atoms with E-state index in [-0.39, 0.29) is 24.0 Å². The summed E-state index contributed by atoms with van der Waals surface area (Å²) in [5.41, 5.74) is 1.29. The van der Waals surface area contributed by atoms with Crippen LogP contribution in [0.3, 0.4) is 0 Å². The predicted molar refractivity (Wildman–Crippen MR) is 138 cm³/mol. The Balaban J connectivity index is 1.62. The molecule has 4 amide bonds. The third-order valence-corrected chi connectivity index (χ3v) is 6.78. The van der Waals surface area contributed by atoms with E-state index in [1.54, 1.807) is 43.3 Å². The van der Waals surface area contributed by atoms with E-state index in [1.807, 2.05) is 18.2 Å². The quantitative estimate of drug-likeness (QED) is 0.264. The van der Waals surface area contributed by atoms with Crippen LogP contribution in [0.25, 0.3) is 0 Å². The molecule has 3 N–H and O–H groups in total. The largest absolute Gasteiger partial charge is 0.491 e. The van der Waals surface area contributed by atoms with Gasteiger partial charge in [0.05, 0.1) is 13.7 Å². The van der Waals surface area contributed by atoms with Crippen LogP contribution in [0.1, 0.15) is 40.5 Å². The van der Waals surface area contributed by atoms with Crippen LogP contribution in [-0.2, 0) is 14.3 Å². The summed E-state index contributed by atoms with van der Waals surface area (Å²) in [5.74, 6) is -1.94. The predicted octanol–water partition coefficient (Wildman–Crippen LogP) is 2.70. The number of aliphatic hydroxyl groups excluding tert-OH is 1. The first kappa shape index (κ1) is 26.8. The number of rotatable bonds is 10. The van der Waals surface area contributed by atoms with Crippen LogP contribution in [-0.4, -0.2) is 65.2 Å². The number of nitrogens with zero attached hydrogens (tertiary/aromatic N) is 2. The third-order valence-electron chi connectivity index (χ3n) is 6.02. The molecule has 11 nitrogen and oxygen atoms in total. The molecule has 1 fully saturated rings. The fourth-order valence-corrected chi connectivity index (χ4v) is 4.80. The zero-order valence-corrected chi connectivity index (χ0v) is 21.4. The standard InChI is InChI=1S/C26H26N4O7S/c1-15(16-6-4-3-5-7-16)21(22(32)29-25-27-19(14-38-25)24(34)36-2)30-23(33)20(28-26(30)35)17-8-10-18(11-9-17)37-13-12-31/h3-11,14-15,20-21,31H,12-13H2,1-2H3,(H,28,35)(H,27,29,32)/t15-,20+,21-/m0/s1. The molecule has 1 aromatic heterocycles. The zero-order valence-electron chi connectivity index (χ0n) is 20.6. The highest BCUT2D eigenvalue weighted by Gasteiger charge is 2.47. The molecular formula is C26H26N4O7S. The number of methoxy groups -OCH3 is 1. The van der Waals surface area contributed by atoms with Crippen LogP contribution in [0.15, 0.2) is 60.0 Å². The molecule has 2 heterocycles. The van der Waals surface area contributed by atoms with E-state index in [4.69, 9.17) is 9.84 Å². The minimum atomic E-state index is -1.22. The number of esters is 1. The Bertz CT molecular complexity index is 1310. The first-order valence-corrected chi connectivity index (χ1v) is 12.6. The molecule has 0 bridgehead atoms. The summed E-state index contributed by atoms with van der Waals surface area (Å²) < 4.78 is 10.0. The summed E-state index contributed by atoms with van der Waals surface area (Å²) >= 11 is 1.02. The Morgan fingerprint density at radius 3 is 2.53 bits per heavy atom. The van der Waals surface area contributed by atoms with Crippen molar-refractivity contribution in [1.82, 2.24) is 15.2 Å². The van der Waals surface area contributed by atoms with E-state index in [1.165, 1.54) is 12.5 Å². The highest BCUT2D eigenvalue weighted by Crippen LogP contribution is 2.32. The normalized spacial score (nSPS) is 16.5. The van der Waals surface area contributed by atoms with Crippen molar-refractivity contribution in [3.63, 3.8) is 0 Å². The van der Waals surface area contributed by atoms with Crippen LogP contribution in [0, 0.1) is 0 Å². The number of nitrogens with one attached hydrogen (secondary N) is 2. The summed E-state index contributed by atoms with van der Waals surface area (Å²) in [4.78, 5) is 57.0. The van der Waals surface area contributed by atoms with Gasteiger partial charge in [-0.05, 0) is 23.3 Å². The Morgan fingerprint density at radius 2 is 1.87 bits per heavy atom. The lowest BCUT2D eigenvalue weighted by Crippen LogP contribution is -2.50. The number of imide groups is 1. The number of benzene rings is 2. The van der Waals surface area contributed by atoms with E-state index in [0.29, 0.717) is 11.3 Å². The minimum absolute atomic E-state index is 0.0296. The lowest BCUT2D eigenvalue weighted by atomic mass is 9.91. The number of hydrogen-bond donors (Lipinski definition) is 3. The number of hydrogen-bond acceptors (Lipinski definition) is 9. The topological polar surface area (TPSA) is 147 Å². The number of aliphatic hydroxyl groups is 1. The Morgan fingerprint density at radius 1 is 1.16 bits per heavy atom. The van der Waals surface area contributed by atoms with Crippen LogP contribution in [0.2, 0.25) is 0 Å². The van der Waals surface area contributed by atoms with Gasteiger partial charge in [0.1, 0.15) is 24.4 Å². The summed E-state index contributed by atoms with van der Waals surface area (Å²) in [5, 5.41) is 15.8. The van der Waals surface area contributed by atoms with Gasteiger partial charge in [-0.3, -0.25) is 9.59 Å². The van der Waals surface area contributed by atoms with Crippen LogP contribution >= 0.6 is 11.3 Å². The molecule has 3 aromatic rings. The third kappa shape index (κ3) is 5.66. The van der Waals surface area contributed by atoms with Crippen molar-refractivity contribution in [2.75, 3.05) is 25.6 Å². The molecule has 4 rings (SSSR count). The van der Waals surface area contributed by atoms with Crippen molar-refractivity contribution < 1.29 is 33.8 Å². The van der Waals surface area contributed by atoms with Crippen molar-refractivity contribution in [3.05, 3.63) is 76.8 Å². The van der Waals surface area contributed by atoms with Gasteiger partial charge in [-0.25, -0.2) is 19.5 Å². The second-order valence-electron chi connectivity index (χ2n) is 8.39. The highest BCUT2D eigenvalue weighted by atomic mass is 32.1. The van der Waals surface area contributed by atoms with Crippen molar-refractivity contribution in [2.45, 2.75) is 24.9 Å². The Hall–Kier alpha value is -4.29. The average Bonchev–Trinajstić information content (AvgIpc) is 3.52. The monoisotopic (exact) mass is 538 g/mol. The van der Waals surface area contributed by atoms with E-state index in [2.05, 4.69) is 20.4 Å². The van der Waals surface area contributed by atoms with Crippen LogP contribution in [0.4, 0.5) is 9.93 Å². The Labute approximate surface area is 222 Å². The van der Waals surface area contributed by atoms with Crippen molar-refractivity contribution in [2.24, 2.45) is 0 Å². The first-order chi connectivity index (χ1) is 18.3. The molecule has 12 heteroatoms. The summed E-state index contributed by atoms with van der Waals surface area (Å²) in [6, 6.07) is 12.7. The van der Waals surface area contributed by atoms with Gasteiger partial charge in [-0.15, -0.1) is 11.3 Å². The molecule has 1 aliphatic heterocycles. The molecule has 0 unspecified atom stereocenters. The van der Waals surface area contributed by atoms with Crippen molar-refractivity contribution in [1.29, 1.82) is 0 Å². The van der Waals surface area contributed by atoms with Gasteiger partial charge < -0.3 is 25.2 Å². The van der Waals surface area contributed by atoms with Gasteiger partial charge in [0.25, 0.3) is 5.91 Å². The van der Waals surface area contributed by atoms with Gasteiger partial charge in [0, 0.05) is 11.3 Å². The number of carbonyl (C=O) groups excluding carboxylic acids is 4. The summed E-state index contributed by atoms with van der Waals surface area (Å²) in [7, 11) is 1.22. The summed E-state index contributed by atoms with van der Waals surface area (Å²) in [6.07, 6.45) is 0. The lowest BCUT2D eigenvalue weighted by molar-refractivity contribution is -0.134. The number of urea groups is 1. The first-order valence-electron chi connectivity index (χ1n) is 11.7. The van der Waals surface area contributed by atoms with Gasteiger partial charge in [0.15, 0.2) is 10.8 Å². The van der Waals surface area contributed by atoms with Crippen molar-refractivity contribution in [3.8, 4) is 5.75 Å². The zero-order chi connectivity index (χ0) is 27.2. The fraction of sp³-hybridized carbons (Fsp3) is 0.269. The van der Waals surface area contributed by atoms with E-state index in [0.717, 1.165) is 21.8 Å². The number of aromatic nitrogens is 1. The average molecular weight is 539 g/mol. The molecule has 0 aliphatic carbocycles. The number of carbonyl (C=O) groups is 4. The summed E-state index contributed by atoms with van der Waals surface area (Å²) in [6.45, 7) is 1.74. The van der Waals surface area contributed by atoms with Gasteiger partial charge in [0.2, 0.25) is 5.91 Å². The number of amides is 4. The maximum atomic E-state index is 13.6. The number of ether oxygens (including phenoxy) is 2. The molecule has 0 spiro atoms. The fourth-order valence-electron chi connectivity index (χ4n) is 4.12. The highest BCUT2D eigenvalue weighted by molar-refractivity contribution is 7.14. The maximum Gasteiger partial charge on any atom is 0.357 e. The molecular weight excluding hydrogens is 512 g/mol. The molecule has 198 valence electrons. The second-order valence-corrected chi connectivity index (χ2v) is 9.25. The SMILES string of the molecule is COC(=O)c1csc(NC(=O)[C@H]([C@@H](C)c2ccccc2)N2C(=O)N[C@H](c3ccc(OCCO)cc3)C2=O)n1. The molecule has 0 saturated carbocycles. The van der Waals surface area contributed by atoms with E-state index < -0.39 is 41.8 Å². The van der Waals surface area contributed by atoms with Crippen molar-refractivity contribution >= 4 is 40.3 Å². The molecule has 0 radical (unpaired) electrons. The Kier molecular flexibility index (Phi) is 8.34. The van der Waals surface area contributed by atoms with Gasteiger partial charge >= 0.3 is 12.0 Å². The molecule has 3 atom stereocenters. The molecule has 2 aromatic carbocycles. The molecule has 1 aliphatic rings. The lowest BCUT2D eigenvalue weighted by Gasteiger charge is -2.29. The van der Waals surface area contributed by atoms with Crippen LogP contribution in [0.5, 0.6) is 5.75 Å². The second kappa shape index (κ2) is 11.8.